The Bertz CT molecular complexity index is 261. The van der Waals surface area contributed by atoms with Gasteiger partial charge in [0.15, 0.2) is 5.78 Å². The number of carbonyl (C=O) groups excluding carboxylic acids is 2. The zero-order valence-electron chi connectivity index (χ0n) is 8.72. The molecule has 0 heterocycles. The van der Waals surface area contributed by atoms with Gasteiger partial charge in [0.2, 0.25) is 0 Å². The van der Waals surface area contributed by atoms with Crippen LogP contribution in [0.2, 0.25) is 0 Å². The van der Waals surface area contributed by atoms with E-state index in [2.05, 4.69) is 15.9 Å². The Balaban J connectivity index is 2.91. The van der Waals surface area contributed by atoms with Crippen LogP contribution in [0.25, 0.3) is 0 Å². The van der Waals surface area contributed by atoms with Gasteiger partial charge in [-0.25, -0.2) is 0 Å². The third-order valence-electron chi connectivity index (χ3n) is 2.76. The van der Waals surface area contributed by atoms with Gasteiger partial charge in [-0.1, -0.05) is 22.4 Å². The zero-order valence-corrected chi connectivity index (χ0v) is 10.3. The number of alkyl halides is 1. The van der Waals surface area contributed by atoms with Crippen molar-refractivity contribution < 1.29 is 14.3 Å². The fourth-order valence-corrected chi connectivity index (χ4v) is 2.20. The van der Waals surface area contributed by atoms with E-state index >= 15 is 0 Å². The highest BCUT2D eigenvalue weighted by atomic mass is 79.9. The third kappa shape index (κ3) is 1.72. The lowest BCUT2D eigenvalue weighted by Gasteiger charge is -2.40. The third-order valence-corrected chi connectivity index (χ3v) is 3.12. The van der Waals surface area contributed by atoms with Crippen molar-refractivity contribution in [3.05, 3.63) is 0 Å². The predicted molar refractivity (Wildman–Crippen MR) is 56.3 cm³/mol. The van der Waals surface area contributed by atoms with Crippen LogP contribution in [0.3, 0.4) is 0 Å². The Kier molecular flexibility index (Phi) is 3.04. The van der Waals surface area contributed by atoms with Gasteiger partial charge in [0.05, 0.1) is 11.4 Å². The van der Waals surface area contributed by atoms with Gasteiger partial charge in [0.25, 0.3) is 0 Å². The van der Waals surface area contributed by atoms with Crippen molar-refractivity contribution in [3.8, 4) is 0 Å². The maximum absolute atomic E-state index is 12.0. The summed E-state index contributed by atoms with van der Waals surface area (Å²) in [5, 5.41) is 0. The molecule has 0 amide bonds. The van der Waals surface area contributed by atoms with Crippen LogP contribution in [0.4, 0.5) is 0 Å². The Hall–Kier alpha value is -0.380. The fraction of sp³-hybridized carbons (Fsp3) is 0.800. The molecule has 0 N–H and O–H groups in total. The van der Waals surface area contributed by atoms with Gasteiger partial charge >= 0.3 is 5.97 Å². The highest BCUT2D eigenvalue weighted by Gasteiger charge is 2.55. The van der Waals surface area contributed by atoms with Crippen molar-refractivity contribution in [2.75, 3.05) is 7.11 Å². The molecule has 80 valence electrons. The van der Waals surface area contributed by atoms with Crippen molar-refractivity contribution in [1.29, 1.82) is 0 Å². The molecule has 0 unspecified atom stereocenters. The number of carbonyl (C=O) groups is 2. The summed E-state index contributed by atoms with van der Waals surface area (Å²) in [6.07, 6.45) is 2.16. The van der Waals surface area contributed by atoms with Gasteiger partial charge in [-0.2, -0.15) is 0 Å². The van der Waals surface area contributed by atoms with Crippen LogP contribution in [0.1, 0.15) is 33.1 Å². The Labute approximate surface area is 92.3 Å². The van der Waals surface area contributed by atoms with Gasteiger partial charge in [-0.05, 0) is 26.7 Å². The quantitative estimate of drug-likeness (QED) is 0.445. The minimum absolute atomic E-state index is 0.0666. The Morgan fingerprint density at radius 1 is 1.36 bits per heavy atom. The normalized spacial score (nSPS) is 19.7. The van der Waals surface area contributed by atoms with E-state index in [1.54, 1.807) is 13.8 Å². The van der Waals surface area contributed by atoms with Crippen LogP contribution in [-0.2, 0) is 14.3 Å². The second-order valence-electron chi connectivity index (χ2n) is 4.23. The Morgan fingerprint density at radius 3 is 2.07 bits per heavy atom. The van der Waals surface area contributed by atoms with Crippen LogP contribution >= 0.6 is 15.9 Å². The van der Waals surface area contributed by atoms with Gasteiger partial charge in [-0.15, -0.1) is 0 Å². The van der Waals surface area contributed by atoms with E-state index in [0.717, 1.165) is 6.42 Å². The first-order valence-electron chi connectivity index (χ1n) is 4.67. The molecule has 0 aromatic carbocycles. The molecule has 0 radical (unpaired) electrons. The predicted octanol–water partition coefficient (Wildman–Crippen LogP) is 2.07. The number of esters is 1. The minimum Gasteiger partial charge on any atom is -0.468 e. The average Bonchev–Trinajstić information content (AvgIpc) is 2.00. The molecule has 0 spiro atoms. The molecule has 0 saturated heterocycles. The van der Waals surface area contributed by atoms with Crippen molar-refractivity contribution in [2.45, 2.75) is 37.4 Å². The molecule has 14 heavy (non-hydrogen) atoms. The SMILES string of the molecule is COC(=O)C1(C(=O)C(C)(C)Br)CCC1. The molecule has 0 bridgehead atoms. The molecular weight excluding hydrogens is 248 g/mol. The minimum atomic E-state index is -0.873. The van der Waals surface area contributed by atoms with Crippen LogP contribution in [0.5, 0.6) is 0 Å². The summed E-state index contributed by atoms with van der Waals surface area (Å²) in [7, 11) is 1.33. The first kappa shape index (κ1) is 11.7. The van der Waals surface area contributed by atoms with E-state index in [1.807, 2.05) is 0 Å². The fourth-order valence-electron chi connectivity index (χ4n) is 1.82. The molecule has 1 aliphatic carbocycles. The molecule has 1 fully saturated rings. The summed E-state index contributed by atoms with van der Waals surface area (Å²) in [5.74, 6) is -0.454. The van der Waals surface area contributed by atoms with E-state index in [4.69, 9.17) is 4.74 Å². The largest absolute Gasteiger partial charge is 0.468 e. The van der Waals surface area contributed by atoms with Crippen LogP contribution < -0.4 is 0 Å². The van der Waals surface area contributed by atoms with Gasteiger partial charge in [0.1, 0.15) is 5.41 Å². The van der Waals surface area contributed by atoms with Crippen LogP contribution in [0.15, 0.2) is 0 Å². The number of hydrogen-bond acceptors (Lipinski definition) is 3. The number of ketones is 1. The molecule has 4 heteroatoms. The highest BCUT2D eigenvalue weighted by Crippen LogP contribution is 2.46. The van der Waals surface area contributed by atoms with Crippen LogP contribution in [0, 0.1) is 5.41 Å². The molecule has 1 aliphatic rings. The van der Waals surface area contributed by atoms with Crippen molar-refractivity contribution in [1.82, 2.24) is 0 Å². The smallest absolute Gasteiger partial charge is 0.319 e. The lowest BCUT2D eigenvalue weighted by molar-refractivity contribution is -0.164. The summed E-state index contributed by atoms with van der Waals surface area (Å²) in [4.78, 5) is 23.6. The molecule has 0 aromatic rings. The number of ether oxygens (including phenoxy) is 1. The van der Waals surface area contributed by atoms with E-state index in [-0.39, 0.29) is 11.8 Å². The first-order chi connectivity index (χ1) is 6.34. The lowest BCUT2D eigenvalue weighted by Crippen LogP contribution is -2.51. The zero-order chi connectivity index (χ0) is 11.0. The van der Waals surface area contributed by atoms with Gasteiger partial charge < -0.3 is 4.74 Å². The average molecular weight is 263 g/mol. The molecular formula is C10H15BrO3. The summed E-state index contributed by atoms with van der Waals surface area (Å²) < 4.78 is 4.04. The van der Waals surface area contributed by atoms with Crippen LogP contribution in [-0.4, -0.2) is 23.2 Å². The second kappa shape index (κ2) is 3.65. The van der Waals surface area contributed by atoms with E-state index in [1.165, 1.54) is 7.11 Å². The molecule has 1 saturated carbocycles. The number of Topliss-reactive ketones (excluding diaryl/α,β-unsaturated/α-hetero) is 1. The standard InChI is InChI=1S/C10H15BrO3/c1-9(2,11)7(12)10(5-4-6-10)8(13)14-3/h4-6H2,1-3H3. The molecule has 0 aliphatic heterocycles. The molecule has 1 rings (SSSR count). The summed E-state index contributed by atoms with van der Waals surface area (Å²) in [6, 6.07) is 0. The summed E-state index contributed by atoms with van der Waals surface area (Å²) in [6.45, 7) is 3.52. The van der Waals surface area contributed by atoms with Gasteiger partial charge in [-0.3, -0.25) is 9.59 Å². The van der Waals surface area contributed by atoms with E-state index < -0.39 is 9.74 Å². The summed E-state index contributed by atoms with van der Waals surface area (Å²) in [5.41, 5.74) is -0.873. The van der Waals surface area contributed by atoms with E-state index in [9.17, 15) is 9.59 Å². The number of hydrogen-bond donors (Lipinski definition) is 0. The lowest BCUT2D eigenvalue weighted by atomic mass is 9.63. The van der Waals surface area contributed by atoms with E-state index in [0.29, 0.717) is 12.8 Å². The van der Waals surface area contributed by atoms with Crippen molar-refractivity contribution in [2.24, 2.45) is 5.41 Å². The summed E-state index contributed by atoms with van der Waals surface area (Å²) >= 11 is 3.29. The maximum Gasteiger partial charge on any atom is 0.319 e. The maximum atomic E-state index is 12.0. The van der Waals surface area contributed by atoms with Gasteiger partial charge in [0, 0.05) is 0 Å². The number of halogens is 1. The molecule has 3 nitrogen and oxygen atoms in total. The topological polar surface area (TPSA) is 43.4 Å². The number of methoxy groups -OCH3 is 1. The van der Waals surface area contributed by atoms with Crippen molar-refractivity contribution in [3.63, 3.8) is 0 Å². The monoisotopic (exact) mass is 262 g/mol. The highest BCUT2D eigenvalue weighted by molar-refractivity contribution is 9.10. The first-order valence-corrected chi connectivity index (χ1v) is 5.46. The molecule has 0 atom stereocenters. The molecule has 0 aromatic heterocycles. The second-order valence-corrected chi connectivity index (χ2v) is 6.21. The van der Waals surface area contributed by atoms with Crippen molar-refractivity contribution >= 4 is 27.7 Å². The Morgan fingerprint density at radius 2 is 1.86 bits per heavy atom. The number of rotatable bonds is 3.